The molecule has 2 aliphatic rings. The van der Waals surface area contributed by atoms with Gasteiger partial charge in [0.05, 0.1) is 11.9 Å². The van der Waals surface area contributed by atoms with Gasteiger partial charge in [0.25, 0.3) is 0 Å². The van der Waals surface area contributed by atoms with E-state index >= 15 is 0 Å². The summed E-state index contributed by atoms with van der Waals surface area (Å²) in [6.45, 7) is 2.17. The molecular formula is C23H31N5O. The number of nitrogens with one attached hydrogen (secondary N) is 2. The van der Waals surface area contributed by atoms with E-state index in [4.69, 9.17) is 0 Å². The van der Waals surface area contributed by atoms with Gasteiger partial charge in [0.15, 0.2) is 5.82 Å². The van der Waals surface area contributed by atoms with Crippen LogP contribution in [0, 0.1) is 5.92 Å². The van der Waals surface area contributed by atoms with Crippen molar-refractivity contribution in [3.8, 4) is 0 Å². The van der Waals surface area contributed by atoms with Crippen LogP contribution in [-0.2, 0) is 4.79 Å². The molecule has 1 aliphatic carbocycles. The van der Waals surface area contributed by atoms with Crippen LogP contribution in [0.3, 0.4) is 0 Å². The van der Waals surface area contributed by atoms with Gasteiger partial charge in [0, 0.05) is 37.0 Å². The van der Waals surface area contributed by atoms with Crippen molar-refractivity contribution in [2.75, 3.05) is 28.6 Å². The second-order valence-corrected chi connectivity index (χ2v) is 8.29. The van der Waals surface area contributed by atoms with Gasteiger partial charge in [-0.05, 0) is 49.4 Å². The van der Waals surface area contributed by atoms with Gasteiger partial charge >= 0.3 is 0 Å². The summed E-state index contributed by atoms with van der Waals surface area (Å²) < 4.78 is 0. The number of anilines is 4. The number of rotatable bonds is 7. The van der Waals surface area contributed by atoms with E-state index in [0.29, 0.717) is 6.42 Å². The first-order valence-electron chi connectivity index (χ1n) is 11.0. The Balaban J connectivity index is 1.27. The Morgan fingerprint density at radius 2 is 1.72 bits per heavy atom. The summed E-state index contributed by atoms with van der Waals surface area (Å²) in [6, 6.07) is 9.82. The molecule has 1 amide bonds. The van der Waals surface area contributed by atoms with Gasteiger partial charge in [-0.25, -0.2) is 0 Å². The van der Waals surface area contributed by atoms with Crippen molar-refractivity contribution in [3.05, 3.63) is 36.5 Å². The summed E-state index contributed by atoms with van der Waals surface area (Å²) >= 11 is 0. The van der Waals surface area contributed by atoms with Gasteiger partial charge in [0.1, 0.15) is 0 Å². The van der Waals surface area contributed by atoms with Gasteiger partial charge in [-0.15, -0.1) is 5.10 Å². The SMILES string of the molecule is O=C(CCC1CCCCC1)Nc1ccc(Nc2cc(N3CCCC3)cnn2)cc1. The van der Waals surface area contributed by atoms with E-state index in [-0.39, 0.29) is 5.91 Å². The van der Waals surface area contributed by atoms with Crippen molar-refractivity contribution in [2.45, 2.75) is 57.8 Å². The molecule has 29 heavy (non-hydrogen) atoms. The normalized spacial score (nSPS) is 17.3. The highest BCUT2D eigenvalue weighted by atomic mass is 16.1. The number of benzene rings is 1. The maximum absolute atomic E-state index is 12.2. The number of nitrogens with zero attached hydrogens (tertiary/aromatic N) is 3. The van der Waals surface area contributed by atoms with Gasteiger partial charge < -0.3 is 15.5 Å². The van der Waals surface area contributed by atoms with Crippen LogP contribution < -0.4 is 15.5 Å². The predicted octanol–water partition coefficient (Wildman–Crippen LogP) is 5.12. The number of hydrogen-bond donors (Lipinski definition) is 2. The highest BCUT2D eigenvalue weighted by Gasteiger charge is 2.15. The number of aromatic nitrogens is 2. The summed E-state index contributed by atoms with van der Waals surface area (Å²) in [5, 5.41) is 14.6. The fourth-order valence-electron chi connectivity index (χ4n) is 4.39. The average molecular weight is 394 g/mol. The maximum atomic E-state index is 12.2. The zero-order valence-corrected chi connectivity index (χ0v) is 17.1. The lowest BCUT2D eigenvalue weighted by atomic mass is 9.86. The molecule has 1 saturated carbocycles. The summed E-state index contributed by atoms with van der Waals surface area (Å²) in [4.78, 5) is 14.6. The van der Waals surface area contributed by atoms with E-state index in [1.165, 1.54) is 44.9 Å². The molecule has 0 atom stereocenters. The fraction of sp³-hybridized carbons (Fsp3) is 0.522. The molecule has 1 aromatic heterocycles. The predicted molar refractivity (Wildman–Crippen MR) is 118 cm³/mol. The molecule has 0 bridgehead atoms. The van der Waals surface area contributed by atoms with E-state index in [9.17, 15) is 4.79 Å². The van der Waals surface area contributed by atoms with Crippen LogP contribution >= 0.6 is 0 Å². The highest BCUT2D eigenvalue weighted by molar-refractivity contribution is 5.90. The van der Waals surface area contributed by atoms with Crippen LogP contribution in [0.5, 0.6) is 0 Å². The van der Waals surface area contributed by atoms with Gasteiger partial charge in [0.2, 0.25) is 5.91 Å². The van der Waals surface area contributed by atoms with Crippen molar-refractivity contribution < 1.29 is 4.79 Å². The van der Waals surface area contributed by atoms with Crippen LogP contribution in [0.2, 0.25) is 0 Å². The first-order chi connectivity index (χ1) is 14.3. The van der Waals surface area contributed by atoms with Crippen LogP contribution in [0.25, 0.3) is 0 Å². The lowest BCUT2D eigenvalue weighted by molar-refractivity contribution is -0.116. The molecule has 2 fully saturated rings. The lowest BCUT2D eigenvalue weighted by Gasteiger charge is -2.21. The van der Waals surface area contributed by atoms with Crippen LogP contribution in [0.1, 0.15) is 57.8 Å². The molecule has 4 rings (SSSR count). The van der Waals surface area contributed by atoms with Crippen molar-refractivity contribution in [3.63, 3.8) is 0 Å². The Hall–Kier alpha value is -2.63. The second kappa shape index (κ2) is 9.72. The Morgan fingerprint density at radius 3 is 2.48 bits per heavy atom. The standard InChI is InChI=1S/C23H31N5O/c29-23(13-8-18-6-2-1-3-7-18)26-20-11-9-19(10-12-20)25-22-16-21(17-24-27-22)28-14-4-5-15-28/h9-12,16-18H,1-8,13-15H2,(H,25,27)(H,26,29). The average Bonchev–Trinajstić information content (AvgIpc) is 3.30. The minimum atomic E-state index is 0.112. The largest absolute Gasteiger partial charge is 0.370 e. The van der Waals surface area contributed by atoms with Gasteiger partial charge in [-0.1, -0.05) is 32.1 Å². The first kappa shape index (κ1) is 19.7. The van der Waals surface area contributed by atoms with Crippen molar-refractivity contribution >= 4 is 28.8 Å². The third-order valence-electron chi connectivity index (χ3n) is 6.06. The molecule has 0 radical (unpaired) electrons. The van der Waals surface area contributed by atoms with E-state index < -0.39 is 0 Å². The molecule has 1 aliphatic heterocycles. The van der Waals surface area contributed by atoms with Crippen molar-refractivity contribution in [2.24, 2.45) is 5.92 Å². The Kier molecular flexibility index (Phi) is 6.60. The minimum Gasteiger partial charge on any atom is -0.370 e. The zero-order valence-electron chi connectivity index (χ0n) is 17.1. The summed E-state index contributed by atoms with van der Waals surface area (Å²) in [5.74, 6) is 1.58. The molecule has 154 valence electrons. The number of carbonyl (C=O) groups is 1. The van der Waals surface area contributed by atoms with E-state index in [1.54, 1.807) is 0 Å². The molecular weight excluding hydrogens is 362 g/mol. The molecule has 6 nitrogen and oxygen atoms in total. The lowest BCUT2D eigenvalue weighted by Crippen LogP contribution is -2.18. The molecule has 1 saturated heterocycles. The summed E-state index contributed by atoms with van der Waals surface area (Å²) in [7, 11) is 0. The Labute approximate surface area is 173 Å². The molecule has 2 N–H and O–H groups in total. The first-order valence-corrected chi connectivity index (χ1v) is 11.0. The van der Waals surface area contributed by atoms with Gasteiger partial charge in [-0.2, -0.15) is 5.10 Å². The molecule has 6 heteroatoms. The van der Waals surface area contributed by atoms with Gasteiger partial charge in [-0.3, -0.25) is 4.79 Å². The monoisotopic (exact) mass is 393 g/mol. The van der Waals surface area contributed by atoms with E-state index in [1.807, 2.05) is 36.5 Å². The summed E-state index contributed by atoms with van der Waals surface area (Å²) in [5.41, 5.74) is 2.88. The molecule has 2 heterocycles. The second-order valence-electron chi connectivity index (χ2n) is 8.29. The van der Waals surface area contributed by atoms with E-state index in [2.05, 4.69) is 25.7 Å². The number of amides is 1. The summed E-state index contributed by atoms with van der Waals surface area (Å²) in [6.07, 6.45) is 12.5. The van der Waals surface area contributed by atoms with E-state index in [0.717, 1.165) is 48.3 Å². The zero-order chi connectivity index (χ0) is 19.9. The topological polar surface area (TPSA) is 70.2 Å². The minimum absolute atomic E-state index is 0.112. The quantitative estimate of drug-likeness (QED) is 0.683. The third-order valence-corrected chi connectivity index (χ3v) is 6.06. The third kappa shape index (κ3) is 5.68. The molecule has 0 spiro atoms. The van der Waals surface area contributed by atoms with Crippen LogP contribution in [-0.4, -0.2) is 29.2 Å². The fourth-order valence-corrected chi connectivity index (χ4v) is 4.39. The molecule has 1 aromatic carbocycles. The van der Waals surface area contributed by atoms with Crippen LogP contribution in [0.4, 0.5) is 22.9 Å². The smallest absolute Gasteiger partial charge is 0.224 e. The molecule has 2 aromatic rings. The molecule has 0 unspecified atom stereocenters. The van der Waals surface area contributed by atoms with Crippen LogP contribution in [0.15, 0.2) is 36.5 Å². The maximum Gasteiger partial charge on any atom is 0.224 e. The van der Waals surface area contributed by atoms with Crippen molar-refractivity contribution in [1.82, 2.24) is 10.2 Å². The van der Waals surface area contributed by atoms with Crippen molar-refractivity contribution in [1.29, 1.82) is 0 Å². The number of hydrogen-bond acceptors (Lipinski definition) is 5. The number of carbonyl (C=O) groups excluding carboxylic acids is 1. The Morgan fingerprint density at radius 1 is 1.00 bits per heavy atom. The highest BCUT2D eigenvalue weighted by Crippen LogP contribution is 2.27. The Bertz CT molecular complexity index is 795.